The van der Waals surface area contributed by atoms with Gasteiger partial charge in [0.2, 0.25) is 15.9 Å². The van der Waals surface area contributed by atoms with Gasteiger partial charge in [-0.2, -0.15) is 4.98 Å². The van der Waals surface area contributed by atoms with Gasteiger partial charge in [-0.15, -0.1) is 0 Å². The van der Waals surface area contributed by atoms with Gasteiger partial charge in [0.1, 0.15) is 0 Å². The Morgan fingerprint density at radius 3 is 2.38 bits per heavy atom. The van der Waals surface area contributed by atoms with Crippen molar-refractivity contribution in [1.82, 2.24) is 14.9 Å². The Hall–Kier alpha value is -2.79. The third kappa shape index (κ3) is 6.95. The zero-order valence-corrected chi connectivity index (χ0v) is 17.5. The number of hydrogen-bond donors (Lipinski definition) is 2. The van der Waals surface area contributed by atoms with Crippen LogP contribution in [0, 0.1) is 0 Å². The van der Waals surface area contributed by atoms with E-state index in [0.29, 0.717) is 11.5 Å². The number of esters is 1. The van der Waals surface area contributed by atoms with Gasteiger partial charge in [-0.05, 0) is 24.3 Å². The van der Waals surface area contributed by atoms with E-state index in [-0.39, 0.29) is 41.7 Å². The van der Waals surface area contributed by atoms with Crippen molar-refractivity contribution in [3.8, 4) is 0 Å². The number of hydrogen-bond acceptors (Lipinski definition) is 8. The fourth-order valence-electron chi connectivity index (χ4n) is 2.12. The molecule has 2 aromatic rings. The molecule has 0 atom stereocenters. The number of amides is 1. The van der Waals surface area contributed by atoms with Crippen LogP contribution < -0.4 is 10.0 Å². The lowest BCUT2D eigenvalue weighted by Gasteiger charge is -2.10. The molecule has 10 nitrogen and oxygen atoms in total. The monoisotopic (exact) mass is 424 g/mol. The summed E-state index contributed by atoms with van der Waals surface area (Å²) in [7, 11) is -3.79. The maximum atomic E-state index is 12.2. The molecule has 0 saturated heterocycles. The predicted octanol–water partition coefficient (Wildman–Crippen LogP) is 1.74. The van der Waals surface area contributed by atoms with E-state index in [1.165, 1.54) is 31.2 Å². The Labute approximate surface area is 169 Å². The molecule has 11 heteroatoms. The summed E-state index contributed by atoms with van der Waals surface area (Å²) in [4.78, 5) is 27.0. The molecule has 2 rings (SSSR count). The van der Waals surface area contributed by atoms with E-state index >= 15 is 0 Å². The van der Waals surface area contributed by atoms with E-state index in [1.807, 2.05) is 20.8 Å². The number of nitrogens with zero attached hydrogens (tertiary/aromatic N) is 2. The number of sulfonamides is 1. The normalized spacial score (nSPS) is 11.9. The van der Waals surface area contributed by atoms with Crippen LogP contribution in [-0.2, 0) is 36.4 Å². The van der Waals surface area contributed by atoms with Crippen LogP contribution in [0.3, 0.4) is 0 Å². The second kappa shape index (κ2) is 9.14. The van der Waals surface area contributed by atoms with Crippen molar-refractivity contribution >= 4 is 27.6 Å². The number of nitrogens with one attached hydrogen (secondary N) is 2. The summed E-state index contributed by atoms with van der Waals surface area (Å²) in [6.45, 7) is 6.81. The molecule has 0 fully saturated rings. The van der Waals surface area contributed by atoms with Crippen molar-refractivity contribution in [2.75, 3.05) is 11.9 Å². The Balaban J connectivity index is 1.80. The predicted molar refractivity (Wildman–Crippen MR) is 103 cm³/mol. The van der Waals surface area contributed by atoms with Crippen LogP contribution in [0.15, 0.2) is 33.7 Å². The molecule has 0 bridgehead atoms. The van der Waals surface area contributed by atoms with Gasteiger partial charge in [0.15, 0.2) is 12.4 Å². The third-order valence-electron chi connectivity index (χ3n) is 3.60. The summed E-state index contributed by atoms with van der Waals surface area (Å²) in [5.74, 6) is -0.194. The van der Waals surface area contributed by atoms with E-state index in [1.54, 1.807) is 0 Å². The second-order valence-electron chi connectivity index (χ2n) is 7.28. The van der Waals surface area contributed by atoms with Crippen LogP contribution in [0.1, 0.15) is 45.8 Å². The Morgan fingerprint density at radius 1 is 1.17 bits per heavy atom. The maximum Gasteiger partial charge on any atom is 0.307 e. The molecule has 1 amide bonds. The number of benzene rings is 1. The topological polar surface area (TPSA) is 140 Å². The van der Waals surface area contributed by atoms with Crippen LogP contribution in [0.25, 0.3) is 0 Å². The van der Waals surface area contributed by atoms with Crippen LogP contribution in [0.5, 0.6) is 0 Å². The molecule has 2 N–H and O–H groups in total. The minimum Gasteiger partial charge on any atom is -0.456 e. The van der Waals surface area contributed by atoms with Crippen molar-refractivity contribution < 1.29 is 27.3 Å². The summed E-state index contributed by atoms with van der Waals surface area (Å²) < 4.78 is 36.8. The molecule has 1 heterocycles. The van der Waals surface area contributed by atoms with Crippen molar-refractivity contribution in [2.45, 2.75) is 51.0 Å². The Kier molecular flexibility index (Phi) is 7.09. The van der Waals surface area contributed by atoms with Crippen LogP contribution in [0.2, 0.25) is 0 Å². The summed E-state index contributed by atoms with van der Waals surface area (Å²) >= 11 is 0. The highest BCUT2D eigenvalue weighted by atomic mass is 32.2. The quantitative estimate of drug-likeness (QED) is 0.611. The first-order chi connectivity index (χ1) is 13.5. The highest BCUT2D eigenvalue weighted by molar-refractivity contribution is 7.89. The smallest absolute Gasteiger partial charge is 0.307 e. The fraction of sp³-hybridized carbons (Fsp3) is 0.444. The number of carbonyl (C=O) groups is 2. The van der Waals surface area contributed by atoms with Crippen LogP contribution in [0.4, 0.5) is 5.69 Å². The zero-order valence-electron chi connectivity index (χ0n) is 16.7. The van der Waals surface area contributed by atoms with E-state index < -0.39 is 16.0 Å². The fourth-order valence-corrected chi connectivity index (χ4v) is 3.16. The molecule has 1 aromatic carbocycles. The summed E-state index contributed by atoms with van der Waals surface area (Å²) in [6, 6.07) is 5.66. The van der Waals surface area contributed by atoms with Gasteiger partial charge in [-0.1, -0.05) is 25.9 Å². The number of ether oxygens (including phenoxy) is 1. The van der Waals surface area contributed by atoms with Crippen molar-refractivity contribution in [2.24, 2.45) is 0 Å². The number of carbonyl (C=O) groups excluding carboxylic acids is 2. The largest absolute Gasteiger partial charge is 0.456 e. The number of rotatable bonds is 8. The molecular weight excluding hydrogens is 400 g/mol. The van der Waals surface area contributed by atoms with Crippen molar-refractivity contribution in [3.63, 3.8) is 0 Å². The second-order valence-corrected chi connectivity index (χ2v) is 9.04. The number of anilines is 1. The summed E-state index contributed by atoms with van der Waals surface area (Å²) in [5, 5.41) is 6.37. The average molecular weight is 424 g/mol. The van der Waals surface area contributed by atoms with Gasteiger partial charge >= 0.3 is 5.97 Å². The molecule has 0 aliphatic carbocycles. The van der Waals surface area contributed by atoms with Crippen LogP contribution >= 0.6 is 0 Å². The molecule has 0 saturated carbocycles. The van der Waals surface area contributed by atoms with E-state index in [0.717, 1.165) is 0 Å². The highest BCUT2D eigenvalue weighted by Crippen LogP contribution is 2.18. The summed E-state index contributed by atoms with van der Waals surface area (Å²) in [5.41, 5.74) is 0.195. The minimum absolute atomic E-state index is 0.0144. The lowest BCUT2D eigenvalue weighted by atomic mass is 9.96. The van der Waals surface area contributed by atoms with E-state index in [4.69, 9.17) is 9.26 Å². The van der Waals surface area contributed by atoms with Gasteiger partial charge in [0.05, 0.1) is 11.3 Å². The molecule has 0 spiro atoms. The molecule has 0 radical (unpaired) electrons. The first kappa shape index (κ1) is 22.5. The molecule has 0 aliphatic rings. The Morgan fingerprint density at radius 2 is 1.83 bits per heavy atom. The molecule has 158 valence electrons. The molecular formula is C18H24N4O6S. The van der Waals surface area contributed by atoms with Crippen molar-refractivity contribution in [1.29, 1.82) is 0 Å². The standard InChI is InChI=1S/C18H24N4O6S/c1-12(23)20-13-5-7-14(8-6-13)29(25,26)19-10-9-16(24)27-11-15-21-17(22-28-15)18(2,3)4/h5-8,19H,9-11H2,1-4H3,(H,20,23). The maximum absolute atomic E-state index is 12.2. The molecule has 29 heavy (non-hydrogen) atoms. The first-order valence-corrected chi connectivity index (χ1v) is 10.3. The van der Waals surface area contributed by atoms with E-state index in [9.17, 15) is 18.0 Å². The Bertz CT molecular complexity index is 961. The lowest BCUT2D eigenvalue weighted by molar-refractivity contribution is -0.145. The van der Waals surface area contributed by atoms with Crippen LogP contribution in [-0.4, -0.2) is 37.0 Å². The lowest BCUT2D eigenvalue weighted by Crippen LogP contribution is -2.26. The molecule has 0 aliphatic heterocycles. The van der Waals surface area contributed by atoms with Gasteiger partial charge in [0.25, 0.3) is 5.89 Å². The molecule has 1 aromatic heterocycles. The van der Waals surface area contributed by atoms with Crippen molar-refractivity contribution in [3.05, 3.63) is 36.0 Å². The molecule has 0 unspecified atom stereocenters. The number of aromatic nitrogens is 2. The highest BCUT2D eigenvalue weighted by Gasteiger charge is 2.21. The van der Waals surface area contributed by atoms with Gasteiger partial charge in [0, 0.05) is 24.6 Å². The van der Waals surface area contributed by atoms with Gasteiger partial charge in [-0.3, -0.25) is 9.59 Å². The summed E-state index contributed by atoms with van der Waals surface area (Å²) in [6.07, 6.45) is -0.163. The van der Waals surface area contributed by atoms with Gasteiger partial charge < -0.3 is 14.6 Å². The van der Waals surface area contributed by atoms with E-state index in [2.05, 4.69) is 20.2 Å². The SMILES string of the molecule is CC(=O)Nc1ccc(S(=O)(=O)NCCC(=O)OCc2nc(C(C)(C)C)no2)cc1. The zero-order chi connectivity index (χ0) is 21.7. The first-order valence-electron chi connectivity index (χ1n) is 8.83. The van der Waals surface area contributed by atoms with Gasteiger partial charge in [-0.25, -0.2) is 13.1 Å². The average Bonchev–Trinajstić information content (AvgIpc) is 3.09. The minimum atomic E-state index is -3.79. The third-order valence-corrected chi connectivity index (χ3v) is 5.08.